The summed E-state index contributed by atoms with van der Waals surface area (Å²) >= 11 is 0. The van der Waals surface area contributed by atoms with Crippen molar-refractivity contribution < 1.29 is 4.79 Å². The van der Waals surface area contributed by atoms with Gasteiger partial charge in [-0.3, -0.25) is 4.79 Å². The van der Waals surface area contributed by atoms with Gasteiger partial charge in [-0.15, -0.1) is 0 Å². The summed E-state index contributed by atoms with van der Waals surface area (Å²) in [6.07, 6.45) is 2.88. The first-order chi connectivity index (χ1) is 16.3. The number of piperazine rings is 1. The number of fused-ring (bicyclic) bond motifs is 1. The van der Waals surface area contributed by atoms with E-state index in [-0.39, 0.29) is 17.4 Å². The van der Waals surface area contributed by atoms with Gasteiger partial charge in [0, 0.05) is 37.4 Å². The molecule has 7 nitrogen and oxygen atoms in total. The van der Waals surface area contributed by atoms with E-state index in [0.29, 0.717) is 13.1 Å². The lowest BCUT2D eigenvalue weighted by Crippen LogP contribution is -2.54. The molecule has 0 saturated carbocycles. The van der Waals surface area contributed by atoms with Gasteiger partial charge in [0.2, 0.25) is 5.91 Å². The molecular weight excluding hydrogens is 424 g/mol. The molecular formula is C27H34N6O. The van der Waals surface area contributed by atoms with Crippen molar-refractivity contribution in [2.45, 2.75) is 45.6 Å². The molecule has 1 fully saturated rings. The highest BCUT2D eigenvalue weighted by Gasteiger charge is 2.29. The Kier molecular flexibility index (Phi) is 5.81. The number of carbonyl (C=O) groups excluding carboxylic acids is 1. The van der Waals surface area contributed by atoms with Crippen molar-refractivity contribution >= 4 is 22.6 Å². The average molecular weight is 459 g/mol. The van der Waals surface area contributed by atoms with E-state index in [9.17, 15) is 4.79 Å². The van der Waals surface area contributed by atoms with Crippen molar-refractivity contribution in [3.8, 4) is 11.4 Å². The number of hydrazine groups is 1. The van der Waals surface area contributed by atoms with Crippen LogP contribution >= 0.6 is 0 Å². The maximum absolute atomic E-state index is 12.9. The number of rotatable bonds is 4. The molecule has 3 aromatic rings. The molecule has 7 heteroatoms. The summed E-state index contributed by atoms with van der Waals surface area (Å²) in [6, 6.07) is 14.7. The fourth-order valence-corrected chi connectivity index (χ4v) is 4.70. The topological polar surface area (TPSA) is 76.3 Å². The molecule has 0 aliphatic carbocycles. The molecule has 1 atom stereocenters. The van der Waals surface area contributed by atoms with Gasteiger partial charge in [0.25, 0.3) is 0 Å². The number of imidazole rings is 1. The molecule has 1 saturated heterocycles. The number of para-hydroxylation sites is 1. The van der Waals surface area contributed by atoms with Crippen molar-refractivity contribution in [3.05, 3.63) is 59.8 Å². The first-order valence-electron chi connectivity index (χ1n) is 12.2. The van der Waals surface area contributed by atoms with Crippen LogP contribution in [-0.2, 0) is 10.2 Å². The van der Waals surface area contributed by atoms with Gasteiger partial charge in [-0.25, -0.2) is 10.4 Å². The van der Waals surface area contributed by atoms with Crippen molar-refractivity contribution in [1.82, 2.24) is 25.7 Å². The number of aromatic nitrogens is 2. The Labute approximate surface area is 201 Å². The Morgan fingerprint density at radius 1 is 1.06 bits per heavy atom. The van der Waals surface area contributed by atoms with Crippen molar-refractivity contribution in [2.24, 2.45) is 0 Å². The third kappa shape index (κ3) is 4.28. The maximum atomic E-state index is 12.9. The summed E-state index contributed by atoms with van der Waals surface area (Å²) in [7, 11) is 0. The van der Waals surface area contributed by atoms with Crippen molar-refractivity contribution in [2.75, 3.05) is 31.1 Å². The van der Waals surface area contributed by atoms with Crippen LogP contribution in [0.3, 0.4) is 0 Å². The molecule has 3 heterocycles. The molecule has 178 valence electrons. The average Bonchev–Trinajstić information content (AvgIpc) is 3.50. The van der Waals surface area contributed by atoms with E-state index in [0.717, 1.165) is 53.3 Å². The molecule has 2 aliphatic rings. The molecule has 1 amide bonds. The third-order valence-corrected chi connectivity index (χ3v) is 6.85. The minimum Gasteiger partial charge on any atom is -0.366 e. The number of hydrogen-bond acceptors (Lipinski definition) is 5. The monoisotopic (exact) mass is 458 g/mol. The quantitative estimate of drug-likeness (QED) is 0.552. The summed E-state index contributed by atoms with van der Waals surface area (Å²) in [6.45, 7) is 11.7. The van der Waals surface area contributed by atoms with Gasteiger partial charge < -0.3 is 20.2 Å². The minimum atomic E-state index is -0.275. The minimum absolute atomic E-state index is 0.127. The molecule has 1 aromatic heterocycles. The second-order valence-corrected chi connectivity index (χ2v) is 10.2. The number of anilines is 1. The van der Waals surface area contributed by atoms with Crippen LogP contribution in [0.25, 0.3) is 22.4 Å². The molecule has 0 radical (unpaired) electrons. The van der Waals surface area contributed by atoms with Crippen LogP contribution in [0.15, 0.2) is 54.2 Å². The Morgan fingerprint density at radius 3 is 2.44 bits per heavy atom. The van der Waals surface area contributed by atoms with Gasteiger partial charge in [-0.05, 0) is 35.6 Å². The second kappa shape index (κ2) is 8.80. The number of nitrogens with one attached hydrogen (secondary N) is 3. The molecule has 2 aliphatic heterocycles. The van der Waals surface area contributed by atoms with Crippen LogP contribution in [0.4, 0.5) is 5.69 Å². The molecule has 1 unspecified atom stereocenters. The van der Waals surface area contributed by atoms with Gasteiger partial charge in [0.15, 0.2) is 0 Å². The lowest BCUT2D eigenvalue weighted by molar-refractivity contribution is -0.132. The zero-order valence-electron chi connectivity index (χ0n) is 20.5. The van der Waals surface area contributed by atoms with E-state index in [1.54, 1.807) is 0 Å². The van der Waals surface area contributed by atoms with E-state index in [1.807, 2.05) is 11.0 Å². The van der Waals surface area contributed by atoms with E-state index >= 15 is 0 Å². The standard InChI is InChI=1S/C27H34N6O/c1-5-20-17-22(31-30-20)26(34)33-15-13-32(14-16-33)23-8-6-7-21-24(23)29-25(28-21)18-9-11-19(12-10-18)27(2,3)4/h6-12,17,22,30-31H,5,13-16H2,1-4H3,(H,28,29). The Morgan fingerprint density at radius 2 is 1.79 bits per heavy atom. The lowest BCUT2D eigenvalue weighted by atomic mass is 9.87. The number of benzene rings is 2. The van der Waals surface area contributed by atoms with Crippen molar-refractivity contribution in [1.29, 1.82) is 0 Å². The van der Waals surface area contributed by atoms with Crippen LogP contribution in [-0.4, -0.2) is 53.0 Å². The number of aromatic amines is 1. The SMILES string of the molecule is CCC1=CC(C(=O)N2CCN(c3cccc4[nH]c(-c5ccc(C(C)(C)C)cc5)nc34)CC2)NN1. The summed E-state index contributed by atoms with van der Waals surface area (Å²) in [5, 5.41) is 0. The van der Waals surface area contributed by atoms with Crippen LogP contribution in [0, 0.1) is 0 Å². The van der Waals surface area contributed by atoms with Gasteiger partial charge in [0.05, 0.1) is 11.2 Å². The lowest BCUT2D eigenvalue weighted by Gasteiger charge is -2.37. The number of carbonyl (C=O) groups is 1. The normalized spacial score (nSPS) is 18.8. The summed E-state index contributed by atoms with van der Waals surface area (Å²) < 4.78 is 0. The van der Waals surface area contributed by atoms with Gasteiger partial charge in [-0.2, -0.15) is 0 Å². The predicted molar refractivity (Wildman–Crippen MR) is 137 cm³/mol. The van der Waals surface area contributed by atoms with Gasteiger partial charge in [0.1, 0.15) is 17.4 Å². The molecule has 3 N–H and O–H groups in total. The number of allylic oxidation sites excluding steroid dienone is 1. The molecule has 2 aromatic carbocycles. The van der Waals surface area contributed by atoms with E-state index in [1.165, 1.54) is 5.56 Å². The molecule has 5 rings (SSSR count). The Bertz CT molecular complexity index is 1210. The molecule has 34 heavy (non-hydrogen) atoms. The zero-order chi connectivity index (χ0) is 23.9. The van der Waals surface area contributed by atoms with E-state index < -0.39 is 0 Å². The fraction of sp³-hybridized carbons (Fsp3) is 0.407. The van der Waals surface area contributed by atoms with E-state index in [4.69, 9.17) is 4.98 Å². The van der Waals surface area contributed by atoms with Crippen LogP contribution in [0.1, 0.15) is 39.7 Å². The van der Waals surface area contributed by atoms with Crippen molar-refractivity contribution in [3.63, 3.8) is 0 Å². The highest BCUT2D eigenvalue weighted by molar-refractivity contribution is 5.91. The highest BCUT2D eigenvalue weighted by Crippen LogP contribution is 2.30. The van der Waals surface area contributed by atoms with Gasteiger partial charge in [-0.1, -0.05) is 58.0 Å². The first kappa shape index (κ1) is 22.5. The number of nitrogens with zero attached hydrogens (tertiary/aromatic N) is 3. The predicted octanol–water partition coefficient (Wildman–Crippen LogP) is 3.95. The summed E-state index contributed by atoms with van der Waals surface area (Å²) in [5.74, 6) is 1.02. The molecule has 0 bridgehead atoms. The zero-order valence-corrected chi connectivity index (χ0v) is 20.5. The smallest absolute Gasteiger partial charge is 0.245 e. The fourth-order valence-electron chi connectivity index (χ4n) is 4.70. The highest BCUT2D eigenvalue weighted by atomic mass is 16.2. The third-order valence-electron chi connectivity index (χ3n) is 6.85. The van der Waals surface area contributed by atoms with Gasteiger partial charge >= 0.3 is 0 Å². The Balaban J connectivity index is 1.32. The maximum Gasteiger partial charge on any atom is 0.245 e. The van der Waals surface area contributed by atoms with E-state index in [2.05, 4.69) is 90.9 Å². The first-order valence-corrected chi connectivity index (χ1v) is 12.2. The van der Waals surface area contributed by atoms with Crippen LogP contribution < -0.4 is 15.8 Å². The largest absolute Gasteiger partial charge is 0.366 e. The number of amides is 1. The summed E-state index contributed by atoms with van der Waals surface area (Å²) in [5.41, 5.74) is 12.9. The number of H-pyrrole nitrogens is 1. The molecule has 0 spiro atoms. The Hall–Kier alpha value is -3.32. The van der Waals surface area contributed by atoms with Crippen LogP contribution in [0.2, 0.25) is 0 Å². The number of hydrogen-bond donors (Lipinski definition) is 3. The van der Waals surface area contributed by atoms with Crippen LogP contribution in [0.5, 0.6) is 0 Å². The summed E-state index contributed by atoms with van der Waals surface area (Å²) in [4.78, 5) is 25.7. The second-order valence-electron chi connectivity index (χ2n) is 10.2.